The Morgan fingerprint density at radius 2 is 2.25 bits per heavy atom. The first kappa shape index (κ1) is 7.94. The van der Waals surface area contributed by atoms with Gasteiger partial charge in [0.15, 0.2) is 0 Å². The van der Waals surface area contributed by atoms with Crippen LogP contribution >= 0.6 is 0 Å². The number of aromatic nitrogens is 1. The van der Waals surface area contributed by atoms with Gasteiger partial charge in [0, 0.05) is 6.20 Å². The van der Waals surface area contributed by atoms with Crippen molar-refractivity contribution in [3.63, 3.8) is 0 Å². The molecule has 12 heavy (non-hydrogen) atoms. The Labute approximate surface area is 66.2 Å². The van der Waals surface area contributed by atoms with E-state index in [1.807, 2.05) is 0 Å². The number of H-pyrrole nitrogens is 1. The van der Waals surface area contributed by atoms with Crippen molar-refractivity contribution in [2.75, 3.05) is 0 Å². The van der Waals surface area contributed by atoms with Gasteiger partial charge in [-0.25, -0.2) is 0 Å². The maximum absolute atomic E-state index is 11.0. The van der Waals surface area contributed by atoms with E-state index >= 15 is 0 Å². The van der Waals surface area contributed by atoms with Gasteiger partial charge in [0.05, 0.1) is 11.1 Å². The van der Waals surface area contributed by atoms with Crippen molar-refractivity contribution in [2.24, 2.45) is 0 Å². The molecule has 1 aromatic heterocycles. The second-order valence-electron chi connectivity index (χ2n) is 1.95. The van der Waals surface area contributed by atoms with Crippen molar-refractivity contribution < 1.29 is 4.92 Å². The second kappa shape index (κ2) is 2.84. The molecule has 0 saturated heterocycles. The summed E-state index contributed by atoms with van der Waals surface area (Å²) in [4.78, 5) is 22.6. The predicted octanol–water partition coefficient (Wildman–Crippen LogP) is 0.155. The number of rotatable bonds is 1. The van der Waals surface area contributed by atoms with Crippen molar-refractivity contribution in [2.45, 2.75) is 0 Å². The Balaban J connectivity index is 3.46. The van der Waals surface area contributed by atoms with Gasteiger partial charge in [-0.1, -0.05) is 0 Å². The Bertz CT molecular complexity index is 415. The molecule has 0 aromatic carbocycles. The normalized spacial score (nSPS) is 8.92. The average molecular weight is 165 g/mol. The van der Waals surface area contributed by atoms with Crippen LogP contribution in [0, 0.1) is 21.4 Å². The van der Waals surface area contributed by atoms with E-state index in [-0.39, 0.29) is 5.56 Å². The molecule has 0 aliphatic heterocycles. The molecule has 0 radical (unpaired) electrons. The SMILES string of the molecule is N#Cc1c[nH]cc([N+](=O)[O-])c1=O. The van der Waals surface area contributed by atoms with Crippen LogP contribution in [0.3, 0.4) is 0 Å². The van der Waals surface area contributed by atoms with Gasteiger partial charge in [-0.05, 0) is 0 Å². The van der Waals surface area contributed by atoms with E-state index in [0.29, 0.717) is 0 Å². The Morgan fingerprint density at radius 1 is 1.58 bits per heavy atom. The van der Waals surface area contributed by atoms with Crippen molar-refractivity contribution >= 4 is 5.69 Å². The van der Waals surface area contributed by atoms with Crippen molar-refractivity contribution in [1.29, 1.82) is 5.26 Å². The summed E-state index contributed by atoms with van der Waals surface area (Å²) in [5, 5.41) is 18.5. The third-order valence-electron chi connectivity index (χ3n) is 1.24. The summed E-state index contributed by atoms with van der Waals surface area (Å²) in [6.07, 6.45) is 2.07. The first-order valence-corrected chi connectivity index (χ1v) is 2.92. The number of nitrogens with one attached hydrogen (secondary N) is 1. The van der Waals surface area contributed by atoms with Crippen molar-refractivity contribution in [3.8, 4) is 6.07 Å². The van der Waals surface area contributed by atoms with Crippen LogP contribution in [-0.2, 0) is 0 Å². The zero-order valence-electron chi connectivity index (χ0n) is 5.77. The summed E-state index contributed by atoms with van der Waals surface area (Å²) in [6.45, 7) is 0. The number of hydrogen-bond acceptors (Lipinski definition) is 4. The summed E-state index contributed by atoms with van der Waals surface area (Å²) in [6, 6.07) is 1.54. The molecule has 0 fully saturated rings. The predicted molar refractivity (Wildman–Crippen MR) is 38.4 cm³/mol. The average Bonchev–Trinajstić information content (AvgIpc) is 2.04. The minimum Gasteiger partial charge on any atom is -0.361 e. The number of pyridine rings is 1. The van der Waals surface area contributed by atoms with Crippen LogP contribution in [0.5, 0.6) is 0 Å². The Hall–Kier alpha value is -2.16. The fourth-order valence-electron chi connectivity index (χ4n) is 0.692. The van der Waals surface area contributed by atoms with Gasteiger partial charge in [0.1, 0.15) is 11.6 Å². The lowest BCUT2D eigenvalue weighted by Gasteiger charge is -1.89. The molecule has 0 bridgehead atoms. The molecule has 1 aromatic rings. The lowest BCUT2D eigenvalue weighted by molar-refractivity contribution is -0.386. The van der Waals surface area contributed by atoms with Gasteiger partial charge in [0.25, 0.3) is 5.43 Å². The summed E-state index contributed by atoms with van der Waals surface area (Å²) in [5.74, 6) is 0. The molecule has 0 unspecified atom stereocenters. The number of nitro groups is 1. The first-order valence-electron chi connectivity index (χ1n) is 2.92. The number of hydrogen-bond donors (Lipinski definition) is 1. The highest BCUT2D eigenvalue weighted by Gasteiger charge is 2.13. The largest absolute Gasteiger partial charge is 0.361 e. The van der Waals surface area contributed by atoms with Gasteiger partial charge in [-0.15, -0.1) is 0 Å². The molecule has 0 amide bonds. The van der Waals surface area contributed by atoms with Crippen LogP contribution in [0.15, 0.2) is 17.2 Å². The highest BCUT2D eigenvalue weighted by atomic mass is 16.6. The first-order chi connectivity index (χ1) is 5.66. The highest BCUT2D eigenvalue weighted by molar-refractivity contribution is 5.36. The lowest BCUT2D eigenvalue weighted by Crippen LogP contribution is -2.11. The molecule has 60 valence electrons. The molecule has 0 saturated carbocycles. The number of nitriles is 1. The van der Waals surface area contributed by atoms with Crippen LogP contribution in [0.1, 0.15) is 5.56 Å². The summed E-state index contributed by atoms with van der Waals surface area (Å²) >= 11 is 0. The van der Waals surface area contributed by atoms with E-state index in [4.69, 9.17) is 5.26 Å². The van der Waals surface area contributed by atoms with E-state index < -0.39 is 16.0 Å². The van der Waals surface area contributed by atoms with E-state index in [1.54, 1.807) is 6.07 Å². The summed E-state index contributed by atoms with van der Waals surface area (Å²) in [5.41, 5.74) is -1.74. The maximum atomic E-state index is 11.0. The fraction of sp³-hybridized carbons (Fsp3) is 0. The monoisotopic (exact) mass is 165 g/mol. The van der Waals surface area contributed by atoms with Crippen LogP contribution in [0.25, 0.3) is 0 Å². The standard InChI is InChI=1S/C6H3N3O3/c7-1-4-2-8-3-5(6(4)10)9(11)12/h2-3H,(H,8,10). The van der Waals surface area contributed by atoms with Crippen molar-refractivity contribution in [3.05, 3.63) is 38.3 Å². The quantitative estimate of drug-likeness (QED) is 0.472. The van der Waals surface area contributed by atoms with Gasteiger partial charge < -0.3 is 4.98 Å². The molecular weight excluding hydrogens is 162 g/mol. The lowest BCUT2D eigenvalue weighted by atomic mass is 10.3. The van der Waals surface area contributed by atoms with Gasteiger partial charge in [0.2, 0.25) is 0 Å². The molecular formula is C6H3N3O3. The van der Waals surface area contributed by atoms with Crippen molar-refractivity contribution in [1.82, 2.24) is 4.98 Å². The van der Waals surface area contributed by atoms with Gasteiger partial charge in [-0.2, -0.15) is 5.26 Å². The third-order valence-corrected chi connectivity index (χ3v) is 1.24. The van der Waals surface area contributed by atoms with E-state index in [9.17, 15) is 14.9 Å². The molecule has 1 rings (SSSR count). The molecule has 0 atom stereocenters. The van der Waals surface area contributed by atoms with Crippen LogP contribution in [-0.4, -0.2) is 9.91 Å². The molecule has 0 aliphatic carbocycles. The van der Waals surface area contributed by atoms with E-state index in [1.165, 1.54) is 0 Å². The number of nitrogens with zero attached hydrogens (tertiary/aromatic N) is 2. The van der Waals surface area contributed by atoms with Gasteiger partial charge in [-0.3, -0.25) is 14.9 Å². The fourth-order valence-corrected chi connectivity index (χ4v) is 0.692. The molecule has 0 aliphatic rings. The molecule has 6 heteroatoms. The molecule has 1 N–H and O–H groups in total. The van der Waals surface area contributed by atoms with E-state index in [0.717, 1.165) is 12.4 Å². The van der Waals surface area contributed by atoms with Crippen LogP contribution < -0.4 is 5.43 Å². The Morgan fingerprint density at radius 3 is 2.75 bits per heavy atom. The molecule has 0 spiro atoms. The number of aromatic amines is 1. The van der Waals surface area contributed by atoms with E-state index in [2.05, 4.69) is 4.98 Å². The summed E-state index contributed by atoms with van der Waals surface area (Å²) < 4.78 is 0. The molecule has 1 heterocycles. The summed E-state index contributed by atoms with van der Waals surface area (Å²) in [7, 11) is 0. The van der Waals surface area contributed by atoms with Crippen LogP contribution in [0.4, 0.5) is 5.69 Å². The topological polar surface area (TPSA) is 99.8 Å². The zero-order chi connectivity index (χ0) is 9.14. The third kappa shape index (κ3) is 1.15. The van der Waals surface area contributed by atoms with Crippen LogP contribution in [0.2, 0.25) is 0 Å². The Kier molecular flexibility index (Phi) is 1.88. The van der Waals surface area contributed by atoms with Gasteiger partial charge >= 0.3 is 5.69 Å². The second-order valence-corrected chi connectivity index (χ2v) is 1.95. The highest BCUT2D eigenvalue weighted by Crippen LogP contribution is 2.00. The smallest absolute Gasteiger partial charge is 0.333 e. The minimum absolute atomic E-state index is 0.260. The maximum Gasteiger partial charge on any atom is 0.333 e. The zero-order valence-corrected chi connectivity index (χ0v) is 5.77. The minimum atomic E-state index is -0.860. The molecule has 6 nitrogen and oxygen atoms in total.